The van der Waals surface area contributed by atoms with E-state index in [4.69, 9.17) is 0 Å². The third-order valence-electron chi connectivity index (χ3n) is 1.36. The average Bonchev–Trinajstić information content (AvgIpc) is 2.18. The maximum Gasteiger partial charge on any atom is 0.135 e. The van der Waals surface area contributed by atoms with E-state index in [1.54, 1.807) is 6.92 Å². The number of rotatable bonds is 2. The third-order valence-corrected chi connectivity index (χ3v) is 2.41. The van der Waals surface area contributed by atoms with Gasteiger partial charge in [-0.3, -0.25) is 9.89 Å². The SMILES string of the molecule is CC(=O)Cc1n[nH]c(C)c1Br. The summed E-state index contributed by atoms with van der Waals surface area (Å²) in [5, 5.41) is 6.76. The van der Waals surface area contributed by atoms with Gasteiger partial charge in [0.2, 0.25) is 0 Å². The first-order chi connectivity index (χ1) is 5.11. The topological polar surface area (TPSA) is 45.8 Å². The lowest BCUT2D eigenvalue weighted by molar-refractivity contribution is -0.116. The second kappa shape index (κ2) is 3.17. The lowest BCUT2D eigenvalue weighted by Gasteiger charge is -1.90. The molecule has 1 aromatic rings. The highest BCUT2D eigenvalue weighted by Crippen LogP contribution is 2.18. The highest BCUT2D eigenvalue weighted by molar-refractivity contribution is 9.10. The van der Waals surface area contributed by atoms with E-state index in [0.29, 0.717) is 6.42 Å². The van der Waals surface area contributed by atoms with Crippen molar-refractivity contribution >= 4 is 21.7 Å². The molecule has 0 unspecified atom stereocenters. The largest absolute Gasteiger partial charge is 0.300 e. The number of H-pyrrole nitrogens is 1. The molecule has 1 rings (SSSR count). The summed E-state index contributed by atoms with van der Waals surface area (Å²) in [6.07, 6.45) is 0.394. The van der Waals surface area contributed by atoms with Gasteiger partial charge in [0.15, 0.2) is 0 Å². The zero-order chi connectivity index (χ0) is 8.43. The van der Waals surface area contributed by atoms with Crippen LogP contribution in [0.3, 0.4) is 0 Å². The number of hydrogen-bond donors (Lipinski definition) is 1. The molecule has 0 aliphatic rings. The van der Waals surface area contributed by atoms with E-state index in [2.05, 4.69) is 26.1 Å². The number of carbonyl (C=O) groups is 1. The van der Waals surface area contributed by atoms with Crippen molar-refractivity contribution in [1.29, 1.82) is 0 Å². The minimum atomic E-state index is 0.122. The lowest BCUT2D eigenvalue weighted by Crippen LogP contribution is -1.96. The quantitative estimate of drug-likeness (QED) is 0.817. The van der Waals surface area contributed by atoms with Gasteiger partial charge < -0.3 is 0 Å². The lowest BCUT2D eigenvalue weighted by atomic mass is 10.2. The third kappa shape index (κ3) is 1.89. The Kier molecular flexibility index (Phi) is 2.44. The van der Waals surface area contributed by atoms with Crippen molar-refractivity contribution in [2.45, 2.75) is 20.3 Å². The number of aryl methyl sites for hydroxylation is 1. The molecule has 0 saturated heterocycles. The zero-order valence-electron chi connectivity index (χ0n) is 6.44. The number of nitrogens with one attached hydrogen (secondary N) is 1. The Hall–Kier alpha value is -0.640. The Balaban J connectivity index is 2.87. The number of Topliss-reactive ketones (excluding diaryl/α,β-unsaturated/α-hetero) is 1. The Morgan fingerprint density at radius 1 is 1.73 bits per heavy atom. The molecule has 0 bridgehead atoms. The standard InChI is InChI=1S/C7H9BrN2O/c1-4(11)3-6-7(8)5(2)9-10-6/h3H2,1-2H3,(H,9,10). The summed E-state index contributed by atoms with van der Waals surface area (Å²) in [5.74, 6) is 0.122. The van der Waals surface area contributed by atoms with E-state index in [1.807, 2.05) is 6.92 Å². The van der Waals surface area contributed by atoms with Gasteiger partial charge in [0.1, 0.15) is 5.78 Å². The molecule has 11 heavy (non-hydrogen) atoms. The summed E-state index contributed by atoms with van der Waals surface area (Å²) >= 11 is 3.33. The predicted octanol–water partition coefficient (Wildman–Crippen LogP) is 1.61. The average molecular weight is 217 g/mol. The number of carbonyl (C=O) groups excluding carboxylic acids is 1. The van der Waals surface area contributed by atoms with E-state index in [0.717, 1.165) is 15.9 Å². The maximum atomic E-state index is 10.7. The van der Waals surface area contributed by atoms with Crippen molar-refractivity contribution < 1.29 is 4.79 Å². The van der Waals surface area contributed by atoms with Crippen LogP contribution >= 0.6 is 15.9 Å². The Bertz CT molecular complexity index is 280. The van der Waals surface area contributed by atoms with Crippen molar-refractivity contribution in [2.24, 2.45) is 0 Å². The van der Waals surface area contributed by atoms with E-state index in [9.17, 15) is 4.79 Å². The van der Waals surface area contributed by atoms with Gasteiger partial charge in [-0.2, -0.15) is 5.10 Å². The predicted molar refractivity (Wildman–Crippen MR) is 45.4 cm³/mol. The monoisotopic (exact) mass is 216 g/mol. The minimum Gasteiger partial charge on any atom is -0.300 e. The highest BCUT2D eigenvalue weighted by Gasteiger charge is 2.08. The Labute approximate surface area is 73.3 Å². The molecule has 0 amide bonds. The van der Waals surface area contributed by atoms with E-state index in [1.165, 1.54) is 0 Å². The van der Waals surface area contributed by atoms with Crippen LogP contribution in [0.1, 0.15) is 18.3 Å². The van der Waals surface area contributed by atoms with Crippen LogP contribution in [0.15, 0.2) is 4.47 Å². The fourth-order valence-electron chi connectivity index (χ4n) is 0.819. The molecule has 1 aromatic heterocycles. The van der Waals surface area contributed by atoms with Gasteiger partial charge in [-0.1, -0.05) is 0 Å². The van der Waals surface area contributed by atoms with Gasteiger partial charge in [-0.25, -0.2) is 0 Å². The van der Waals surface area contributed by atoms with Crippen molar-refractivity contribution in [2.75, 3.05) is 0 Å². The fraction of sp³-hybridized carbons (Fsp3) is 0.429. The molecule has 0 saturated carbocycles. The number of aromatic amines is 1. The molecule has 0 aliphatic heterocycles. The molecule has 0 spiro atoms. The number of nitrogens with zero attached hydrogens (tertiary/aromatic N) is 1. The zero-order valence-corrected chi connectivity index (χ0v) is 8.03. The van der Waals surface area contributed by atoms with E-state index in [-0.39, 0.29) is 5.78 Å². The van der Waals surface area contributed by atoms with Crippen LogP contribution in [-0.4, -0.2) is 16.0 Å². The van der Waals surface area contributed by atoms with Gasteiger partial charge >= 0.3 is 0 Å². The first-order valence-corrected chi connectivity index (χ1v) is 4.09. The van der Waals surface area contributed by atoms with E-state index >= 15 is 0 Å². The van der Waals surface area contributed by atoms with Gasteiger partial charge in [0.05, 0.1) is 16.6 Å². The molecule has 1 heterocycles. The van der Waals surface area contributed by atoms with Crippen LogP contribution in [0.5, 0.6) is 0 Å². The normalized spacial score (nSPS) is 10.1. The summed E-state index contributed by atoms with van der Waals surface area (Å²) in [7, 11) is 0. The second-order valence-electron chi connectivity index (χ2n) is 2.49. The van der Waals surface area contributed by atoms with Crippen LogP contribution in [0, 0.1) is 6.92 Å². The summed E-state index contributed by atoms with van der Waals surface area (Å²) in [4.78, 5) is 10.7. The molecule has 1 N–H and O–H groups in total. The molecule has 3 nitrogen and oxygen atoms in total. The molecule has 0 aliphatic carbocycles. The van der Waals surface area contributed by atoms with Gasteiger partial charge in [0, 0.05) is 5.69 Å². The van der Waals surface area contributed by atoms with Crippen molar-refractivity contribution in [3.05, 3.63) is 15.9 Å². The second-order valence-corrected chi connectivity index (χ2v) is 3.28. The van der Waals surface area contributed by atoms with Gasteiger partial charge in [0.25, 0.3) is 0 Å². The maximum absolute atomic E-state index is 10.7. The van der Waals surface area contributed by atoms with Crippen molar-refractivity contribution in [1.82, 2.24) is 10.2 Å². The molecular formula is C7H9BrN2O. The molecule has 0 radical (unpaired) electrons. The Morgan fingerprint density at radius 3 is 2.73 bits per heavy atom. The molecule has 60 valence electrons. The highest BCUT2D eigenvalue weighted by atomic mass is 79.9. The molecule has 0 fully saturated rings. The van der Waals surface area contributed by atoms with E-state index < -0.39 is 0 Å². The summed E-state index contributed by atoms with van der Waals surface area (Å²) in [6.45, 7) is 3.46. The summed E-state index contributed by atoms with van der Waals surface area (Å²) in [6, 6.07) is 0. The number of hydrogen-bond acceptors (Lipinski definition) is 2. The van der Waals surface area contributed by atoms with Crippen LogP contribution in [0.25, 0.3) is 0 Å². The fourth-order valence-corrected chi connectivity index (χ4v) is 1.14. The molecule has 0 aromatic carbocycles. The van der Waals surface area contributed by atoms with Gasteiger partial charge in [-0.15, -0.1) is 0 Å². The summed E-state index contributed by atoms with van der Waals surface area (Å²) < 4.78 is 0.910. The molecular weight excluding hydrogens is 208 g/mol. The van der Waals surface area contributed by atoms with Gasteiger partial charge in [-0.05, 0) is 29.8 Å². The van der Waals surface area contributed by atoms with Crippen LogP contribution in [0.4, 0.5) is 0 Å². The number of aromatic nitrogens is 2. The Morgan fingerprint density at radius 2 is 2.36 bits per heavy atom. The molecule has 4 heteroatoms. The number of ketones is 1. The van der Waals surface area contributed by atoms with Crippen LogP contribution in [-0.2, 0) is 11.2 Å². The number of halogens is 1. The minimum absolute atomic E-state index is 0.122. The van der Waals surface area contributed by atoms with Crippen molar-refractivity contribution in [3.8, 4) is 0 Å². The smallest absolute Gasteiger partial charge is 0.135 e. The first-order valence-electron chi connectivity index (χ1n) is 3.30. The molecule has 0 atom stereocenters. The van der Waals surface area contributed by atoms with Crippen molar-refractivity contribution in [3.63, 3.8) is 0 Å². The van der Waals surface area contributed by atoms with Crippen LogP contribution < -0.4 is 0 Å². The van der Waals surface area contributed by atoms with Crippen LogP contribution in [0.2, 0.25) is 0 Å². The first kappa shape index (κ1) is 8.46. The summed E-state index contributed by atoms with van der Waals surface area (Å²) in [5.41, 5.74) is 1.75.